The van der Waals surface area contributed by atoms with E-state index in [0.717, 1.165) is 37.3 Å². The molecule has 0 aromatic carbocycles. The van der Waals surface area contributed by atoms with Gasteiger partial charge in [0.1, 0.15) is 0 Å². The van der Waals surface area contributed by atoms with Gasteiger partial charge in [0, 0.05) is 25.4 Å². The number of likely N-dealkylation sites (N-methyl/N-ethyl adjacent to an activating group) is 1. The summed E-state index contributed by atoms with van der Waals surface area (Å²) in [4.78, 5) is 7.00. The van der Waals surface area contributed by atoms with E-state index in [-0.39, 0.29) is 0 Å². The van der Waals surface area contributed by atoms with Crippen molar-refractivity contribution < 1.29 is 0 Å². The molecule has 1 heterocycles. The molecule has 0 aliphatic carbocycles. The fourth-order valence-electron chi connectivity index (χ4n) is 1.73. The lowest BCUT2D eigenvalue weighted by Crippen LogP contribution is -2.35. The summed E-state index contributed by atoms with van der Waals surface area (Å²) in [5.74, 6) is 1.95. The molecule has 1 aliphatic heterocycles. The van der Waals surface area contributed by atoms with Crippen molar-refractivity contribution in [2.75, 3.05) is 38.5 Å². The highest BCUT2D eigenvalue weighted by Gasteiger charge is 2.11. The van der Waals surface area contributed by atoms with Crippen molar-refractivity contribution in [1.29, 1.82) is 0 Å². The van der Waals surface area contributed by atoms with Crippen LogP contribution in [0.3, 0.4) is 0 Å². The number of rotatable bonds is 6. The smallest absolute Gasteiger partial charge is 0.156 e. The highest BCUT2D eigenvalue weighted by atomic mass is 32.2. The number of aliphatic imine (C=N–C) groups is 1. The van der Waals surface area contributed by atoms with E-state index >= 15 is 0 Å². The van der Waals surface area contributed by atoms with Crippen LogP contribution in [0, 0.1) is 5.92 Å². The first-order valence-electron chi connectivity index (χ1n) is 6.39. The molecule has 0 aromatic rings. The van der Waals surface area contributed by atoms with Crippen molar-refractivity contribution in [1.82, 2.24) is 10.2 Å². The van der Waals surface area contributed by atoms with Crippen molar-refractivity contribution in [3.05, 3.63) is 0 Å². The Morgan fingerprint density at radius 1 is 1.44 bits per heavy atom. The third-order valence-electron chi connectivity index (χ3n) is 2.74. The van der Waals surface area contributed by atoms with Gasteiger partial charge in [-0.25, -0.2) is 0 Å². The predicted octanol–water partition coefficient (Wildman–Crippen LogP) is 2.05. The summed E-state index contributed by atoms with van der Waals surface area (Å²) in [5.41, 5.74) is 0. The first kappa shape index (κ1) is 13.8. The van der Waals surface area contributed by atoms with Crippen LogP contribution >= 0.6 is 11.8 Å². The molecular weight excluding hydrogens is 218 g/mol. The van der Waals surface area contributed by atoms with E-state index in [0.29, 0.717) is 0 Å². The van der Waals surface area contributed by atoms with Crippen LogP contribution in [0.15, 0.2) is 4.99 Å². The number of hydrogen-bond donors (Lipinski definition) is 1. The second kappa shape index (κ2) is 7.96. The van der Waals surface area contributed by atoms with E-state index in [9.17, 15) is 0 Å². The van der Waals surface area contributed by atoms with Crippen LogP contribution in [0.4, 0.5) is 0 Å². The molecule has 0 radical (unpaired) electrons. The Bertz CT molecular complexity index is 218. The lowest BCUT2D eigenvalue weighted by Gasteiger charge is -2.22. The molecule has 4 heteroatoms. The molecule has 1 aliphatic rings. The minimum atomic E-state index is 0.739. The highest BCUT2D eigenvalue weighted by Crippen LogP contribution is 2.15. The Morgan fingerprint density at radius 3 is 2.81 bits per heavy atom. The van der Waals surface area contributed by atoms with E-state index in [1.807, 2.05) is 11.8 Å². The number of amidine groups is 1. The van der Waals surface area contributed by atoms with Gasteiger partial charge in [-0.3, -0.25) is 4.99 Å². The summed E-state index contributed by atoms with van der Waals surface area (Å²) < 4.78 is 0. The molecule has 0 saturated heterocycles. The zero-order valence-electron chi connectivity index (χ0n) is 10.8. The fraction of sp³-hybridized carbons (Fsp3) is 0.917. The van der Waals surface area contributed by atoms with Gasteiger partial charge in [0.2, 0.25) is 0 Å². The summed E-state index contributed by atoms with van der Waals surface area (Å²) in [6.07, 6.45) is 1.24. The Kier molecular flexibility index (Phi) is 6.88. The highest BCUT2D eigenvalue weighted by molar-refractivity contribution is 8.13. The van der Waals surface area contributed by atoms with Gasteiger partial charge < -0.3 is 10.2 Å². The molecule has 94 valence electrons. The molecule has 1 atom stereocenters. The molecule has 1 rings (SSSR count). The number of nitrogens with zero attached hydrogens (tertiary/aromatic N) is 2. The molecule has 16 heavy (non-hydrogen) atoms. The third-order valence-corrected chi connectivity index (χ3v) is 4.03. The van der Waals surface area contributed by atoms with Crippen LogP contribution in [0.5, 0.6) is 0 Å². The van der Waals surface area contributed by atoms with Crippen molar-refractivity contribution in [2.24, 2.45) is 10.9 Å². The van der Waals surface area contributed by atoms with Gasteiger partial charge in [0.05, 0.1) is 0 Å². The van der Waals surface area contributed by atoms with E-state index in [2.05, 4.69) is 36.0 Å². The minimum absolute atomic E-state index is 0.739. The van der Waals surface area contributed by atoms with E-state index in [4.69, 9.17) is 0 Å². The van der Waals surface area contributed by atoms with Crippen molar-refractivity contribution >= 4 is 16.9 Å². The summed E-state index contributed by atoms with van der Waals surface area (Å²) in [5, 5.41) is 4.58. The Morgan fingerprint density at radius 2 is 2.25 bits per heavy atom. The summed E-state index contributed by atoms with van der Waals surface area (Å²) in [6, 6.07) is 0. The lowest BCUT2D eigenvalue weighted by atomic mass is 10.2. The van der Waals surface area contributed by atoms with Crippen molar-refractivity contribution in [2.45, 2.75) is 27.2 Å². The van der Waals surface area contributed by atoms with Crippen LogP contribution < -0.4 is 5.32 Å². The topological polar surface area (TPSA) is 27.6 Å². The molecule has 0 bridgehead atoms. The first-order valence-corrected chi connectivity index (χ1v) is 7.38. The van der Waals surface area contributed by atoms with E-state index in [1.165, 1.54) is 18.7 Å². The molecule has 0 fully saturated rings. The van der Waals surface area contributed by atoms with Crippen LogP contribution in [-0.2, 0) is 0 Å². The molecule has 3 nitrogen and oxygen atoms in total. The van der Waals surface area contributed by atoms with E-state index < -0.39 is 0 Å². The van der Waals surface area contributed by atoms with Crippen molar-refractivity contribution in [3.8, 4) is 0 Å². The lowest BCUT2D eigenvalue weighted by molar-refractivity contribution is 0.293. The second-order valence-electron chi connectivity index (χ2n) is 4.42. The molecule has 0 amide bonds. The number of nitrogens with one attached hydrogen (secondary N) is 1. The zero-order valence-corrected chi connectivity index (χ0v) is 11.6. The minimum Gasteiger partial charge on any atom is -0.364 e. The van der Waals surface area contributed by atoms with Crippen LogP contribution in [0.2, 0.25) is 0 Å². The number of hydrogen-bond acceptors (Lipinski definition) is 4. The SMILES string of the molecule is CCCN(CC)CCNC1=NCC(C)CS1. The Hall–Kier alpha value is -0.220. The predicted molar refractivity (Wildman–Crippen MR) is 74.3 cm³/mol. The van der Waals surface area contributed by atoms with Crippen molar-refractivity contribution in [3.63, 3.8) is 0 Å². The summed E-state index contributed by atoms with van der Waals surface area (Å²) in [6.45, 7) is 12.2. The third kappa shape index (κ3) is 5.21. The van der Waals surface area contributed by atoms with Crippen LogP contribution in [0.1, 0.15) is 27.2 Å². The van der Waals surface area contributed by atoms with E-state index in [1.54, 1.807) is 0 Å². The summed E-state index contributed by atoms with van der Waals surface area (Å²) in [7, 11) is 0. The van der Waals surface area contributed by atoms with Gasteiger partial charge in [-0.15, -0.1) is 0 Å². The Labute approximate surface area is 104 Å². The zero-order chi connectivity index (χ0) is 11.8. The largest absolute Gasteiger partial charge is 0.364 e. The maximum atomic E-state index is 4.53. The van der Waals surface area contributed by atoms with Crippen LogP contribution in [-0.4, -0.2) is 48.5 Å². The molecule has 0 spiro atoms. The van der Waals surface area contributed by atoms with Gasteiger partial charge in [-0.05, 0) is 25.4 Å². The Balaban J connectivity index is 2.14. The average molecular weight is 243 g/mol. The average Bonchev–Trinajstić information content (AvgIpc) is 2.30. The van der Waals surface area contributed by atoms with Gasteiger partial charge in [-0.1, -0.05) is 32.5 Å². The second-order valence-corrected chi connectivity index (χ2v) is 5.43. The summed E-state index contributed by atoms with van der Waals surface area (Å²) >= 11 is 1.86. The monoisotopic (exact) mass is 243 g/mol. The normalized spacial score (nSPS) is 21.0. The molecule has 1 unspecified atom stereocenters. The molecule has 0 aromatic heterocycles. The van der Waals surface area contributed by atoms with Gasteiger partial charge in [0.25, 0.3) is 0 Å². The quantitative estimate of drug-likeness (QED) is 0.774. The first-order chi connectivity index (χ1) is 7.76. The maximum Gasteiger partial charge on any atom is 0.156 e. The fourth-order valence-corrected chi connectivity index (χ4v) is 2.65. The standard InChI is InChI=1S/C12H25N3S/c1-4-7-15(5-2)8-6-13-12-14-9-11(3)10-16-12/h11H,4-10H2,1-3H3,(H,13,14). The van der Waals surface area contributed by atoms with Gasteiger partial charge in [-0.2, -0.15) is 0 Å². The molecule has 0 saturated carbocycles. The van der Waals surface area contributed by atoms with Gasteiger partial charge >= 0.3 is 0 Å². The maximum absolute atomic E-state index is 4.53. The van der Waals surface area contributed by atoms with Crippen LogP contribution in [0.25, 0.3) is 0 Å². The number of thioether (sulfide) groups is 1. The van der Waals surface area contributed by atoms with Gasteiger partial charge in [0.15, 0.2) is 5.17 Å². The molecule has 1 N–H and O–H groups in total. The molecular formula is C12H25N3S.